The van der Waals surface area contributed by atoms with Crippen molar-refractivity contribution in [1.29, 1.82) is 0 Å². The largest absolute Gasteiger partial charge is 0.398 e. The third kappa shape index (κ3) is 6.44. The first-order valence-electron chi connectivity index (χ1n) is 8.57. The first-order valence-corrected chi connectivity index (χ1v) is 8.95. The normalized spacial score (nSPS) is 11.7. The molecule has 0 radical (unpaired) electrons. The number of carbonyl (C=O) groups is 1. The lowest BCUT2D eigenvalue weighted by molar-refractivity contribution is -0.114. The molecule has 0 unspecified atom stereocenters. The summed E-state index contributed by atoms with van der Waals surface area (Å²) in [6.45, 7) is 4.06. The summed E-state index contributed by atoms with van der Waals surface area (Å²) in [5.41, 5.74) is 6.12. The molecule has 0 aliphatic heterocycles. The number of nitrogens with zero attached hydrogens (tertiary/aromatic N) is 1. The van der Waals surface area contributed by atoms with Crippen LogP contribution in [0.5, 0.6) is 0 Å². The number of hydrogen-bond acceptors (Lipinski definition) is 5. The van der Waals surface area contributed by atoms with Gasteiger partial charge in [-0.15, -0.1) is 0 Å². The van der Waals surface area contributed by atoms with E-state index in [1.807, 2.05) is 12.1 Å². The molecule has 1 amide bonds. The third-order valence-corrected chi connectivity index (χ3v) is 3.96. The van der Waals surface area contributed by atoms with Crippen LogP contribution in [0.25, 0.3) is 11.8 Å². The van der Waals surface area contributed by atoms with Gasteiger partial charge in [-0.2, -0.15) is 4.39 Å². The highest BCUT2D eigenvalue weighted by atomic mass is 35.5. The first kappa shape index (κ1) is 22.1. The SMILES string of the molecule is C=C(NOCc1ccccc1C(=NOC)C(=O)NC)c1ccc(C=C(F)Cl)cc1. The minimum atomic E-state index is -0.787. The van der Waals surface area contributed by atoms with Crippen LogP contribution in [0.4, 0.5) is 4.39 Å². The topological polar surface area (TPSA) is 71.9 Å². The van der Waals surface area contributed by atoms with Crippen LogP contribution in [0, 0.1) is 0 Å². The molecule has 0 aliphatic carbocycles. The van der Waals surface area contributed by atoms with Crippen molar-refractivity contribution >= 4 is 35.0 Å². The van der Waals surface area contributed by atoms with Crippen LogP contribution < -0.4 is 10.8 Å². The van der Waals surface area contributed by atoms with Crippen molar-refractivity contribution < 1.29 is 18.9 Å². The first-order chi connectivity index (χ1) is 14.0. The molecule has 2 N–H and O–H groups in total. The van der Waals surface area contributed by atoms with Crippen LogP contribution in [0.15, 0.2) is 65.6 Å². The van der Waals surface area contributed by atoms with Gasteiger partial charge >= 0.3 is 0 Å². The summed E-state index contributed by atoms with van der Waals surface area (Å²) in [6.07, 6.45) is 1.21. The van der Waals surface area contributed by atoms with Gasteiger partial charge in [-0.3, -0.25) is 15.1 Å². The summed E-state index contributed by atoms with van der Waals surface area (Å²) in [5, 5.41) is 5.56. The van der Waals surface area contributed by atoms with E-state index in [4.69, 9.17) is 21.3 Å². The predicted molar refractivity (Wildman–Crippen MR) is 112 cm³/mol. The highest BCUT2D eigenvalue weighted by Crippen LogP contribution is 2.16. The van der Waals surface area contributed by atoms with Crippen molar-refractivity contribution in [3.63, 3.8) is 0 Å². The molecule has 0 heterocycles. The number of rotatable bonds is 9. The van der Waals surface area contributed by atoms with Gasteiger partial charge in [0, 0.05) is 12.6 Å². The maximum atomic E-state index is 12.7. The van der Waals surface area contributed by atoms with Crippen molar-refractivity contribution in [2.24, 2.45) is 5.16 Å². The van der Waals surface area contributed by atoms with E-state index in [2.05, 4.69) is 22.5 Å². The Labute approximate surface area is 173 Å². The molecule has 6 nitrogen and oxygen atoms in total. The van der Waals surface area contributed by atoms with Crippen LogP contribution in [0.2, 0.25) is 0 Å². The third-order valence-electron chi connectivity index (χ3n) is 3.86. The van der Waals surface area contributed by atoms with Crippen molar-refractivity contribution in [3.05, 3.63) is 82.6 Å². The number of benzene rings is 2. The molecule has 0 saturated heterocycles. The molecular formula is C21H21ClFN3O3. The van der Waals surface area contributed by atoms with E-state index in [1.165, 1.54) is 20.2 Å². The molecule has 0 fully saturated rings. The average molecular weight is 418 g/mol. The number of carbonyl (C=O) groups excluding carboxylic acids is 1. The van der Waals surface area contributed by atoms with E-state index in [0.29, 0.717) is 16.8 Å². The Morgan fingerprint density at radius 2 is 1.93 bits per heavy atom. The molecule has 0 aliphatic rings. The number of halogens is 2. The van der Waals surface area contributed by atoms with Crippen LogP contribution in [0.3, 0.4) is 0 Å². The smallest absolute Gasteiger partial charge is 0.273 e. The van der Waals surface area contributed by atoms with E-state index in [1.54, 1.807) is 36.4 Å². The summed E-state index contributed by atoms with van der Waals surface area (Å²) in [4.78, 5) is 22.4. The van der Waals surface area contributed by atoms with E-state index in [-0.39, 0.29) is 18.2 Å². The lowest BCUT2D eigenvalue weighted by Crippen LogP contribution is -2.29. The van der Waals surface area contributed by atoms with Gasteiger partial charge in [0.15, 0.2) is 11.0 Å². The zero-order chi connectivity index (χ0) is 21.2. The maximum absolute atomic E-state index is 12.7. The number of hydroxylamine groups is 1. The Morgan fingerprint density at radius 1 is 1.24 bits per heavy atom. The zero-order valence-electron chi connectivity index (χ0n) is 16.0. The Kier molecular flexibility index (Phi) is 8.39. The monoisotopic (exact) mass is 417 g/mol. The average Bonchev–Trinajstić information content (AvgIpc) is 2.72. The van der Waals surface area contributed by atoms with Gasteiger partial charge in [-0.1, -0.05) is 71.9 Å². The standard InChI is InChI=1S/C21H21ClFN3O3/c1-14(16-10-8-15(9-11-16)12-19(22)23)25-29-13-17-6-4-5-7-18(17)20(26-28-3)21(27)24-2/h4-12,25H,1,13H2,2-3H3,(H,24,27). The number of amides is 1. The Morgan fingerprint density at radius 3 is 2.55 bits per heavy atom. The van der Waals surface area contributed by atoms with Crippen molar-refractivity contribution in [2.45, 2.75) is 6.61 Å². The van der Waals surface area contributed by atoms with Crippen LogP contribution >= 0.6 is 11.6 Å². The molecule has 0 atom stereocenters. The van der Waals surface area contributed by atoms with Gasteiger partial charge in [-0.25, -0.2) is 0 Å². The molecule has 0 aromatic heterocycles. The number of likely N-dealkylation sites (N-methyl/N-ethyl adjacent to an activating group) is 1. The van der Waals surface area contributed by atoms with Crippen molar-refractivity contribution in [1.82, 2.24) is 10.8 Å². The lowest BCUT2D eigenvalue weighted by Gasteiger charge is -2.13. The van der Waals surface area contributed by atoms with E-state index >= 15 is 0 Å². The van der Waals surface area contributed by atoms with Crippen LogP contribution in [-0.2, 0) is 21.1 Å². The Bertz CT molecular complexity index is 923. The van der Waals surface area contributed by atoms with E-state index < -0.39 is 5.29 Å². The minimum absolute atomic E-state index is 0.142. The molecule has 0 saturated carbocycles. The van der Waals surface area contributed by atoms with Gasteiger partial charge in [0.25, 0.3) is 5.91 Å². The number of oxime groups is 1. The number of hydrogen-bond donors (Lipinski definition) is 2. The molecule has 2 aromatic rings. The van der Waals surface area contributed by atoms with Crippen LogP contribution in [-0.4, -0.2) is 25.8 Å². The molecular weight excluding hydrogens is 397 g/mol. The maximum Gasteiger partial charge on any atom is 0.273 e. The fourth-order valence-corrected chi connectivity index (χ4v) is 2.59. The summed E-state index contributed by atoms with van der Waals surface area (Å²) in [7, 11) is 2.89. The van der Waals surface area contributed by atoms with Gasteiger partial charge in [0.1, 0.15) is 13.7 Å². The Hall–Kier alpha value is -3.16. The summed E-state index contributed by atoms with van der Waals surface area (Å²) >= 11 is 5.23. The summed E-state index contributed by atoms with van der Waals surface area (Å²) in [6, 6.07) is 14.1. The second-order valence-electron chi connectivity index (χ2n) is 5.78. The fourth-order valence-electron chi connectivity index (χ4n) is 2.47. The second kappa shape index (κ2) is 11.0. The fraction of sp³-hybridized carbons (Fsp3) is 0.143. The Balaban J connectivity index is 2.05. The minimum Gasteiger partial charge on any atom is -0.398 e. The van der Waals surface area contributed by atoms with E-state index in [9.17, 15) is 9.18 Å². The lowest BCUT2D eigenvalue weighted by atomic mass is 10.0. The summed E-state index contributed by atoms with van der Waals surface area (Å²) < 4.78 is 12.7. The van der Waals surface area contributed by atoms with Crippen LogP contribution in [0.1, 0.15) is 22.3 Å². The molecule has 2 rings (SSSR count). The second-order valence-corrected chi connectivity index (χ2v) is 6.15. The van der Waals surface area contributed by atoms with Gasteiger partial charge < -0.3 is 10.2 Å². The summed E-state index contributed by atoms with van der Waals surface area (Å²) in [5.74, 6) is -0.376. The zero-order valence-corrected chi connectivity index (χ0v) is 16.8. The molecule has 152 valence electrons. The highest BCUT2D eigenvalue weighted by molar-refractivity contribution is 6.45. The van der Waals surface area contributed by atoms with Crippen molar-refractivity contribution in [2.75, 3.05) is 14.2 Å². The predicted octanol–water partition coefficient (Wildman–Crippen LogP) is 3.98. The van der Waals surface area contributed by atoms with E-state index in [0.717, 1.165) is 11.1 Å². The molecule has 0 bridgehead atoms. The number of nitrogens with one attached hydrogen (secondary N) is 2. The molecule has 29 heavy (non-hydrogen) atoms. The quantitative estimate of drug-likeness (QED) is 0.478. The van der Waals surface area contributed by atoms with Gasteiger partial charge in [0.2, 0.25) is 0 Å². The molecule has 8 heteroatoms. The molecule has 0 spiro atoms. The highest BCUT2D eigenvalue weighted by Gasteiger charge is 2.17. The van der Waals surface area contributed by atoms with Crippen molar-refractivity contribution in [3.8, 4) is 0 Å². The van der Waals surface area contributed by atoms with Gasteiger partial charge in [0.05, 0.1) is 5.70 Å². The molecule has 2 aromatic carbocycles. The van der Waals surface area contributed by atoms with Gasteiger partial charge in [-0.05, 0) is 22.8 Å².